The van der Waals surface area contributed by atoms with Gasteiger partial charge in [0.25, 0.3) is 5.69 Å². The second-order valence-electron chi connectivity index (χ2n) is 5.96. The molecule has 0 saturated heterocycles. The minimum absolute atomic E-state index is 0.0367. The van der Waals surface area contributed by atoms with Gasteiger partial charge in [0.2, 0.25) is 5.91 Å². The summed E-state index contributed by atoms with van der Waals surface area (Å²) in [6, 6.07) is 14.6. The number of hydrogen-bond donors (Lipinski definition) is 1. The van der Waals surface area contributed by atoms with E-state index in [-0.39, 0.29) is 17.3 Å². The van der Waals surface area contributed by atoms with Gasteiger partial charge in [0.15, 0.2) is 0 Å². The number of nitro benzene ring substituents is 1. The molecule has 3 aromatic rings. The molecule has 0 atom stereocenters. The van der Waals surface area contributed by atoms with Crippen LogP contribution in [0.3, 0.4) is 0 Å². The van der Waals surface area contributed by atoms with Gasteiger partial charge in [-0.1, -0.05) is 11.8 Å². The first-order valence-electron chi connectivity index (χ1n) is 8.73. The highest BCUT2D eigenvalue weighted by molar-refractivity contribution is 7.99. The number of carbonyl (C=O) groups excluding carboxylic acids is 1. The van der Waals surface area contributed by atoms with Crippen molar-refractivity contribution in [3.05, 3.63) is 64.7 Å². The molecule has 1 heterocycles. The number of amides is 1. The van der Waals surface area contributed by atoms with E-state index in [4.69, 9.17) is 9.47 Å². The summed E-state index contributed by atoms with van der Waals surface area (Å²) in [4.78, 5) is 22.3. The minimum Gasteiger partial charge on any atom is -0.497 e. The molecule has 154 valence electrons. The van der Waals surface area contributed by atoms with E-state index in [1.807, 2.05) is 6.07 Å². The molecular formula is C20H18N4O5S. The standard InChI is InChI=1S/C20H18N4O5S/c1-28-15-7-9-18(29-2)16(11-15)17-8-10-20(23-22-17)30-12-19(25)21-13-3-5-14(6-4-13)24(26)27/h3-11H,12H2,1-2H3,(H,21,25). The maximum absolute atomic E-state index is 12.1. The van der Waals surface area contributed by atoms with Gasteiger partial charge in [0.05, 0.1) is 30.6 Å². The first kappa shape index (κ1) is 21.1. The molecule has 1 N–H and O–H groups in total. The lowest BCUT2D eigenvalue weighted by molar-refractivity contribution is -0.384. The number of thioether (sulfide) groups is 1. The quantitative estimate of drug-likeness (QED) is 0.328. The lowest BCUT2D eigenvalue weighted by atomic mass is 10.1. The fourth-order valence-electron chi connectivity index (χ4n) is 2.56. The van der Waals surface area contributed by atoms with Crippen molar-refractivity contribution in [2.75, 3.05) is 25.3 Å². The molecule has 1 amide bonds. The minimum atomic E-state index is -0.495. The molecule has 0 fully saturated rings. The third-order valence-electron chi connectivity index (χ3n) is 4.04. The molecule has 3 rings (SSSR count). The van der Waals surface area contributed by atoms with Crippen LogP contribution in [0.2, 0.25) is 0 Å². The van der Waals surface area contributed by atoms with Crippen LogP contribution in [0.15, 0.2) is 59.6 Å². The Bertz CT molecular complexity index is 1040. The average molecular weight is 426 g/mol. The Kier molecular flexibility index (Phi) is 6.81. The second-order valence-corrected chi connectivity index (χ2v) is 6.96. The number of non-ortho nitro benzene ring substituents is 1. The highest BCUT2D eigenvalue weighted by Crippen LogP contribution is 2.32. The molecular weight excluding hydrogens is 408 g/mol. The summed E-state index contributed by atoms with van der Waals surface area (Å²) in [5.41, 5.74) is 1.81. The van der Waals surface area contributed by atoms with Gasteiger partial charge in [0.1, 0.15) is 16.5 Å². The van der Waals surface area contributed by atoms with E-state index in [1.54, 1.807) is 38.5 Å². The van der Waals surface area contributed by atoms with Gasteiger partial charge in [-0.2, -0.15) is 0 Å². The van der Waals surface area contributed by atoms with Crippen LogP contribution in [-0.4, -0.2) is 41.0 Å². The average Bonchev–Trinajstić information content (AvgIpc) is 2.78. The first-order chi connectivity index (χ1) is 14.5. The zero-order chi connectivity index (χ0) is 21.5. The van der Waals surface area contributed by atoms with Crippen molar-refractivity contribution in [2.24, 2.45) is 0 Å². The number of nitrogens with zero attached hydrogens (tertiary/aromatic N) is 3. The number of hydrogen-bond acceptors (Lipinski definition) is 8. The number of aromatic nitrogens is 2. The van der Waals surface area contributed by atoms with Crippen molar-refractivity contribution in [2.45, 2.75) is 5.03 Å². The molecule has 9 nitrogen and oxygen atoms in total. The third-order valence-corrected chi connectivity index (χ3v) is 4.96. The van der Waals surface area contributed by atoms with E-state index < -0.39 is 4.92 Å². The number of benzene rings is 2. The Hall–Kier alpha value is -3.66. The molecule has 0 aliphatic rings. The van der Waals surface area contributed by atoms with Crippen LogP contribution in [0.1, 0.15) is 0 Å². The molecule has 0 radical (unpaired) electrons. The van der Waals surface area contributed by atoms with Crippen LogP contribution in [0.4, 0.5) is 11.4 Å². The second kappa shape index (κ2) is 9.70. The molecule has 0 unspecified atom stereocenters. The molecule has 1 aromatic heterocycles. The maximum Gasteiger partial charge on any atom is 0.269 e. The first-order valence-corrected chi connectivity index (χ1v) is 9.72. The van der Waals surface area contributed by atoms with Gasteiger partial charge in [-0.25, -0.2) is 0 Å². The van der Waals surface area contributed by atoms with E-state index in [1.165, 1.54) is 36.0 Å². The number of nitrogens with one attached hydrogen (secondary N) is 1. The van der Waals surface area contributed by atoms with E-state index in [9.17, 15) is 14.9 Å². The van der Waals surface area contributed by atoms with E-state index in [0.717, 1.165) is 5.56 Å². The Morgan fingerprint density at radius 1 is 1.07 bits per heavy atom. The normalized spacial score (nSPS) is 10.3. The summed E-state index contributed by atoms with van der Waals surface area (Å²) in [7, 11) is 3.16. The summed E-state index contributed by atoms with van der Waals surface area (Å²) in [5, 5.41) is 22.3. The van der Waals surface area contributed by atoms with Crippen molar-refractivity contribution in [3.8, 4) is 22.8 Å². The molecule has 2 aromatic carbocycles. The smallest absolute Gasteiger partial charge is 0.269 e. The summed E-state index contributed by atoms with van der Waals surface area (Å²) >= 11 is 1.23. The van der Waals surface area contributed by atoms with Gasteiger partial charge in [-0.15, -0.1) is 10.2 Å². The van der Waals surface area contributed by atoms with Gasteiger partial charge in [-0.05, 0) is 42.5 Å². The van der Waals surface area contributed by atoms with Crippen molar-refractivity contribution < 1.29 is 19.2 Å². The number of ether oxygens (including phenoxy) is 2. The molecule has 0 aliphatic heterocycles. The van der Waals surface area contributed by atoms with Crippen molar-refractivity contribution in [3.63, 3.8) is 0 Å². The Morgan fingerprint density at radius 2 is 1.83 bits per heavy atom. The zero-order valence-corrected chi connectivity index (χ0v) is 17.0. The monoisotopic (exact) mass is 426 g/mol. The van der Waals surface area contributed by atoms with Gasteiger partial charge in [0, 0.05) is 23.4 Å². The third kappa shape index (κ3) is 5.23. The fraction of sp³-hybridized carbons (Fsp3) is 0.150. The SMILES string of the molecule is COc1ccc(OC)c(-c2ccc(SCC(=O)Nc3ccc([N+](=O)[O-])cc3)nn2)c1. The number of rotatable bonds is 8. The van der Waals surface area contributed by atoms with E-state index in [0.29, 0.717) is 27.9 Å². The maximum atomic E-state index is 12.1. The van der Waals surface area contributed by atoms with Crippen molar-refractivity contribution >= 4 is 29.0 Å². The van der Waals surface area contributed by atoms with Crippen molar-refractivity contribution in [1.82, 2.24) is 10.2 Å². The Balaban J connectivity index is 1.61. The summed E-state index contributed by atoms with van der Waals surface area (Å²) in [6.45, 7) is 0. The number of carbonyl (C=O) groups is 1. The molecule has 10 heteroatoms. The van der Waals surface area contributed by atoms with Gasteiger partial charge < -0.3 is 14.8 Å². The summed E-state index contributed by atoms with van der Waals surface area (Å²) < 4.78 is 10.6. The lowest BCUT2D eigenvalue weighted by Gasteiger charge is -2.10. The van der Waals surface area contributed by atoms with Crippen molar-refractivity contribution in [1.29, 1.82) is 0 Å². The Labute approximate surface area is 176 Å². The summed E-state index contributed by atoms with van der Waals surface area (Å²) in [6.07, 6.45) is 0. The van der Waals surface area contributed by atoms with Crippen LogP contribution in [0.5, 0.6) is 11.5 Å². The molecule has 0 bridgehead atoms. The molecule has 0 aliphatic carbocycles. The molecule has 0 saturated carbocycles. The number of anilines is 1. The van der Waals surface area contributed by atoms with Crippen LogP contribution in [-0.2, 0) is 4.79 Å². The molecule has 30 heavy (non-hydrogen) atoms. The van der Waals surface area contributed by atoms with Gasteiger partial charge in [-0.3, -0.25) is 14.9 Å². The van der Waals surface area contributed by atoms with Crippen LogP contribution in [0.25, 0.3) is 11.3 Å². The van der Waals surface area contributed by atoms with E-state index in [2.05, 4.69) is 15.5 Å². The highest BCUT2D eigenvalue weighted by Gasteiger charge is 2.11. The summed E-state index contributed by atoms with van der Waals surface area (Å²) in [5.74, 6) is 1.18. The largest absolute Gasteiger partial charge is 0.497 e. The molecule has 0 spiro atoms. The lowest BCUT2D eigenvalue weighted by Crippen LogP contribution is -2.14. The predicted octanol–water partition coefficient (Wildman–Crippen LogP) is 3.80. The topological polar surface area (TPSA) is 116 Å². The fourth-order valence-corrected chi connectivity index (χ4v) is 3.17. The van der Waals surface area contributed by atoms with Gasteiger partial charge >= 0.3 is 0 Å². The predicted molar refractivity (Wildman–Crippen MR) is 113 cm³/mol. The van der Waals surface area contributed by atoms with Crippen LogP contribution in [0, 0.1) is 10.1 Å². The number of nitro groups is 1. The van der Waals surface area contributed by atoms with Crippen LogP contribution < -0.4 is 14.8 Å². The van der Waals surface area contributed by atoms with E-state index >= 15 is 0 Å². The Morgan fingerprint density at radius 3 is 2.43 bits per heavy atom. The highest BCUT2D eigenvalue weighted by atomic mass is 32.2. The van der Waals surface area contributed by atoms with Crippen LogP contribution >= 0.6 is 11.8 Å². The zero-order valence-electron chi connectivity index (χ0n) is 16.2. The number of methoxy groups -OCH3 is 2.